The monoisotopic (exact) mass is 323 g/mol. The number of nitrogens with two attached hydrogens (primary N) is 1. The number of fused-ring (bicyclic) bond motifs is 1. The second kappa shape index (κ2) is 7.53. The number of aromatic nitrogens is 2. The molecular weight excluding hydrogens is 298 g/mol. The molecule has 0 saturated heterocycles. The fraction of sp³-hybridized carbons (Fsp3) is 0.421. The maximum absolute atomic E-state index is 7.68. The van der Waals surface area contributed by atoms with Crippen LogP contribution in [0.4, 0.5) is 0 Å². The molecular formula is C19H25N5. The number of hydrogen-bond donors (Lipinski definition) is 3. The molecule has 1 saturated carbocycles. The normalized spacial score (nSPS) is 20.7. The van der Waals surface area contributed by atoms with Gasteiger partial charge in [-0.3, -0.25) is 4.98 Å². The van der Waals surface area contributed by atoms with Crippen molar-refractivity contribution in [1.82, 2.24) is 15.3 Å². The molecule has 24 heavy (non-hydrogen) atoms. The summed E-state index contributed by atoms with van der Waals surface area (Å²) in [6.07, 6.45) is 9.69. The van der Waals surface area contributed by atoms with Gasteiger partial charge in [-0.15, -0.1) is 0 Å². The molecule has 0 unspecified atom stereocenters. The number of hydrogen-bond acceptors (Lipinski definition) is 5. The molecule has 1 aliphatic rings. The number of allylic oxidation sites excluding steroid dienone is 1. The number of rotatable bonds is 7. The molecule has 0 spiro atoms. The van der Waals surface area contributed by atoms with Crippen molar-refractivity contribution in [3.05, 3.63) is 41.9 Å². The van der Waals surface area contributed by atoms with Gasteiger partial charge in [0.25, 0.3) is 0 Å². The summed E-state index contributed by atoms with van der Waals surface area (Å²) in [6.45, 7) is 2.83. The number of benzene rings is 1. The van der Waals surface area contributed by atoms with Gasteiger partial charge in [-0.1, -0.05) is 6.07 Å². The molecule has 0 aliphatic heterocycles. The molecule has 3 rings (SSSR count). The molecule has 0 bridgehead atoms. The Bertz CT molecular complexity index is 747. The molecule has 0 atom stereocenters. The molecule has 126 valence electrons. The highest BCUT2D eigenvalue weighted by Crippen LogP contribution is 2.31. The van der Waals surface area contributed by atoms with Gasteiger partial charge in [-0.2, -0.15) is 0 Å². The van der Waals surface area contributed by atoms with E-state index in [1.54, 1.807) is 6.20 Å². The third-order valence-corrected chi connectivity index (χ3v) is 4.68. The highest BCUT2D eigenvalue weighted by molar-refractivity contribution is 6.07. The Morgan fingerprint density at radius 1 is 1.38 bits per heavy atom. The maximum atomic E-state index is 7.68. The minimum Gasteiger partial charge on any atom is -0.388 e. The van der Waals surface area contributed by atoms with Crippen molar-refractivity contribution < 1.29 is 0 Å². The van der Waals surface area contributed by atoms with Gasteiger partial charge in [-0.05, 0) is 62.8 Å². The van der Waals surface area contributed by atoms with Gasteiger partial charge >= 0.3 is 0 Å². The van der Waals surface area contributed by atoms with E-state index in [1.807, 2.05) is 31.3 Å². The summed E-state index contributed by atoms with van der Waals surface area (Å²) >= 11 is 0. The number of aryl methyl sites for hydroxylation is 1. The summed E-state index contributed by atoms with van der Waals surface area (Å²) < 4.78 is 0. The SMILES string of the molecule is Cc1ccc2ncc(/C(C=N)=C/NC3CC(CCCN)C3)nc2c1. The summed E-state index contributed by atoms with van der Waals surface area (Å²) in [6, 6.07) is 6.53. The van der Waals surface area contributed by atoms with E-state index in [0.717, 1.165) is 46.7 Å². The van der Waals surface area contributed by atoms with Crippen LogP contribution >= 0.6 is 0 Å². The van der Waals surface area contributed by atoms with Crippen molar-refractivity contribution in [2.75, 3.05) is 6.54 Å². The topological polar surface area (TPSA) is 87.7 Å². The van der Waals surface area contributed by atoms with Crippen molar-refractivity contribution in [3.8, 4) is 0 Å². The molecule has 1 aliphatic carbocycles. The molecule has 5 heteroatoms. The van der Waals surface area contributed by atoms with E-state index in [0.29, 0.717) is 6.04 Å². The van der Waals surface area contributed by atoms with Gasteiger partial charge in [0.05, 0.1) is 22.9 Å². The van der Waals surface area contributed by atoms with Crippen LogP contribution in [0.1, 0.15) is 36.9 Å². The Balaban J connectivity index is 1.67. The van der Waals surface area contributed by atoms with E-state index in [1.165, 1.54) is 25.5 Å². The Morgan fingerprint density at radius 2 is 2.21 bits per heavy atom. The summed E-state index contributed by atoms with van der Waals surface area (Å²) in [7, 11) is 0. The van der Waals surface area contributed by atoms with Crippen molar-refractivity contribution in [1.29, 1.82) is 5.41 Å². The molecule has 5 nitrogen and oxygen atoms in total. The lowest BCUT2D eigenvalue weighted by atomic mass is 9.77. The predicted octanol–water partition coefficient (Wildman–Crippen LogP) is 3.04. The van der Waals surface area contributed by atoms with Gasteiger partial charge < -0.3 is 16.5 Å². The Morgan fingerprint density at radius 3 is 2.96 bits per heavy atom. The zero-order chi connectivity index (χ0) is 16.9. The summed E-state index contributed by atoms with van der Waals surface area (Å²) in [5.41, 5.74) is 9.95. The van der Waals surface area contributed by atoms with E-state index in [2.05, 4.69) is 15.3 Å². The minimum absolute atomic E-state index is 0.499. The molecule has 1 fully saturated rings. The van der Waals surface area contributed by atoms with Crippen LogP contribution in [0, 0.1) is 18.3 Å². The molecule has 0 radical (unpaired) electrons. The molecule has 1 aromatic heterocycles. The third-order valence-electron chi connectivity index (χ3n) is 4.68. The molecule has 4 N–H and O–H groups in total. The first-order chi connectivity index (χ1) is 11.7. The van der Waals surface area contributed by atoms with Crippen LogP contribution in [0.5, 0.6) is 0 Å². The van der Waals surface area contributed by atoms with Gasteiger partial charge in [-0.25, -0.2) is 4.98 Å². The quantitative estimate of drug-likeness (QED) is 0.683. The van der Waals surface area contributed by atoms with Crippen LogP contribution in [-0.4, -0.2) is 28.8 Å². The first-order valence-corrected chi connectivity index (χ1v) is 8.60. The average Bonchev–Trinajstić information content (AvgIpc) is 2.55. The van der Waals surface area contributed by atoms with Gasteiger partial charge in [0.2, 0.25) is 0 Å². The van der Waals surface area contributed by atoms with Gasteiger partial charge in [0, 0.05) is 24.0 Å². The Kier molecular flexibility index (Phi) is 5.20. The van der Waals surface area contributed by atoms with E-state index in [9.17, 15) is 0 Å². The van der Waals surface area contributed by atoms with E-state index >= 15 is 0 Å². The third kappa shape index (κ3) is 3.79. The lowest BCUT2D eigenvalue weighted by Gasteiger charge is -2.35. The fourth-order valence-corrected chi connectivity index (χ4v) is 3.17. The molecule has 1 aromatic carbocycles. The van der Waals surface area contributed by atoms with Crippen molar-refractivity contribution in [2.45, 2.75) is 38.6 Å². The van der Waals surface area contributed by atoms with Crippen molar-refractivity contribution in [3.63, 3.8) is 0 Å². The van der Waals surface area contributed by atoms with Crippen molar-refractivity contribution >= 4 is 22.8 Å². The Labute approximate surface area is 142 Å². The summed E-state index contributed by atoms with van der Waals surface area (Å²) in [4.78, 5) is 9.10. The van der Waals surface area contributed by atoms with Crippen LogP contribution in [0.15, 0.2) is 30.6 Å². The fourth-order valence-electron chi connectivity index (χ4n) is 3.17. The van der Waals surface area contributed by atoms with Gasteiger partial charge in [0.1, 0.15) is 0 Å². The largest absolute Gasteiger partial charge is 0.388 e. The van der Waals surface area contributed by atoms with Crippen LogP contribution in [0.3, 0.4) is 0 Å². The highest BCUT2D eigenvalue weighted by atomic mass is 14.9. The summed E-state index contributed by atoms with van der Waals surface area (Å²) in [5, 5.41) is 11.1. The first-order valence-electron chi connectivity index (χ1n) is 8.60. The van der Waals surface area contributed by atoms with Crippen LogP contribution < -0.4 is 11.1 Å². The standard InChI is InChI=1S/C19H25N5/c1-13-4-5-17-18(7-13)24-19(12-23-17)15(10-21)11-22-16-8-14(9-16)3-2-6-20/h4-5,7,10-12,14,16,21-22H,2-3,6,8-9,20H2,1H3/b15-11+,21-10?. The van der Waals surface area contributed by atoms with Crippen molar-refractivity contribution in [2.24, 2.45) is 11.7 Å². The molecule has 2 aromatic rings. The smallest absolute Gasteiger partial charge is 0.0922 e. The minimum atomic E-state index is 0.499. The van der Waals surface area contributed by atoms with E-state index in [4.69, 9.17) is 11.1 Å². The lowest BCUT2D eigenvalue weighted by molar-refractivity contribution is 0.223. The van der Waals surface area contributed by atoms with Crippen LogP contribution in [0.25, 0.3) is 16.6 Å². The zero-order valence-electron chi connectivity index (χ0n) is 14.1. The number of nitrogens with one attached hydrogen (secondary N) is 2. The summed E-state index contributed by atoms with van der Waals surface area (Å²) in [5.74, 6) is 0.798. The Hall–Kier alpha value is -2.27. The van der Waals surface area contributed by atoms with Crippen LogP contribution in [0.2, 0.25) is 0 Å². The van der Waals surface area contributed by atoms with E-state index < -0.39 is 0 Å². The second-order valence-corrected chi connectivity index (χ2v) is 6.62. The molecule has 1 heterocycles. The van der Waals surface area contributed by atoms with E-state index in [-0.39, 0.29) is 0 Å². The zero-order valence-corrected chi connectivity index (χ0v) is 14.1. The lowest BCUT2D eigenvalue weighted by Crippen LogP contribution is -2.38. The average molecular weight is 323 g/mol. The number of nitrogens with zero attached hydrogens (tertiary/aromatic N) is 2. The highest BCUT2D eigenvalue weighted by Gasteiger charge is 2.27. The maximum Gasteiger partial charge on any atom is 0.0922 e. The van der Waals surface area contributed by atoms with Gasteiger partial charge in [0.15, 0.2) is 0 Å². The molecule has 0 amide bonds. The van der Waals surface area contributed by atoms with Crippen LogP contribution in [-0.2, 0) is 0 Å². The second-order valence-electron chi connectivity index (χ2n) is 6.62. The predicted molar refractivity (Wildman–Crippen MR) is 99.0 cm³/mol. The first kappa shape index (κ1) is 16.6.